The van der Waals surface area contributed by atoms with Crippen molar-refractivity contribution in [3.05, 3.63) is 17.3 Å². The Morgan fingerprint density at radius 3 is 3.19 bits per heavy atom. The number of nitrogens with one attached hydrogen (secondary N) is 1. The highest BCUT2D eigenvalue weighted by atomic mass is 35.5. The van der Waals surface area contributed by atoms with Crippen LogP contribution in [0.1, 0.15) is 12.8 Å². The first kappa shape index (κ1) is 11.5. The van der Waals surface area contributed by atoms with Crippen molar-refractivity contribution < 1.29 is 4.74 Å². The lowest BCUT2D eigenvalue weighted by atomic mass is 10.0. The van der Waals surface area contributed by atoms with Gasteiger partial charge in [0.1, 0.15) is 5.82 Å². The normalized spacial score (nSPS) is 20.7. The van der Waals surface area contributed by atoms with Gasteiger partial charge in [0.25, 0.3) is 0 Å². The maximum absolute atomic E-state index is 5.80. The van der Waals surface area contributed by atoms with Gasteiger partial charge in [-0.1, -0.05) is 11.6 Å². The molecule has 4 nitrogen and oxygen atoms in total. The zero-order chi connectivity index (χ0) is 11.4. The van der Waals surface area contributed by atoms with Crippen LogP contribution in [-0.4, -0.2) is 24.7 Å². The van der Waals surface area contributed by atoms with Gasteiger partial charge < -0.3 is 15.8 Å². The molecular weight excluding hydrogens is 226 g/mol. The van der Waals surface area contributed by atoms with Crippen molar-refractivity contribution in [1.82, 2.24) is 4.98 Å². The molecule has 1 aliphatic rings. The highest BCUT2D eigenvalue weighted by Crippen LogP contribution is 2.20. The van der Waals surface area contributed by atoms with Crippen LogP contribution in [0.15, 0.2) is 12.3 Å². The molecule has 0 radical (unpaired) electrons. The number of pyridine rings is 1. The van der Waals surface area contributed by atoms with Gasteiger partial charge >= 0.3 is 0 Å². The number of nitrogen functional groups attached to an aromatic ring is 1. The third kappa shape index (κ3) is 3.00. The van der Waals surface area contributed by atoms with E-state index in [1.807, 2.05) is 0 Å². The number of nitrogens with two attached hydrogens (primary N) is 1. The zero-order valence-corrected chi connectivity index (χ0v) is 9.83. The fourth-order valence-corrected chi connectivity index (χ4v) is 1.98. The minimum absolute atomic E-state index is 0.547. The lowest BCUT2D eigenvalue weighted by molar-refractivity contribution is 0.0595. The van der Waals surface area contributed by atoms with Crippen LogP contribution in [0.3, 0.4) is 0 Å². The highest BCUT2D eigenvalue weighted by molar-refractivity contribution is 6.30. The first-order valence-electron chi connectivity index (χ1n) is 5.48. The fraction of sp³-hybridized carbons (Fsp3) is 0.545. The van der Waals surface area contributed by atoms with Gasteiger partial charge in [0, 0.05) is 19.3 Å². The molecule has 1 aliphatic heterocycles. The van der Waals surface area contributed by atoms with Crippen LogP contribution >= 0.6 is 11.6 Å². The molecule has 5 heteroatoms. The van der Waals surface area contributed by atoms with Crippen molar-refractivity contribution in [1.29, 1.82) is 0 Å². The fourth-order valence-electron chi connectivity index (χ4n) is 1.81. The number of ether oxygens (including phenoxy) is 1. The molecule has 1 unspecified atom stereocenters. The molecule has 1 aromatic heterocycles. The standard InChI is InChI=1S/C11H16ClN3O/c12-9-4-10(13)11(15-6-9)14-5-8-2-1-3-16-7-8/h4,6,8H,1-3,5,7,13H2,(H,14,15). The van der Waals surface area contributed by atoms with Crippen LogP contribution in [0.2, 0.25) is 5.02 Å². The number of halogens is 1. The van der Waals surface area contributed by atoms with Gasteiger partial charge in [-0.25, -0.2) is 4.98 Å². The summed E-state index contributed by atoms with van der Waals surface area (Å²) in [5, 5.41) is 3.79. The third-order valence-corrected chi connectivity index (χ3v) is 2.90. The van der Waals surface area contributed by atoms with Crippen LogP contribution in [-0.2, 0) is 4.74 Å². The second-order valence-electron chi connectivity index (χ2n) is 4.06. The first-order valence-corrected chi connectivity index (χ1v) is 5.86. The van der Waals surface area contributed by atoms with Crippen molar-refractivity contribution in [3.8, 4) is 0 Å². The molecule has 0 aromatic carbocycles. The van der Waals surface area contributed by atoms with E-state index in [4.69, 9.17) is 22.1 Å². The van der Waals surface area contributed by atoms with Gasteiger partial charge in [0.15, 0.2) is 0 Å². The van der Waals surface area contributed by atoms with Crippen LogP contribution in [0.5, 0.6) is 0 Å². The Kier molecular flexibility index (Phi) is 3.85. The van der Waals surface area contributed by atoms with Gasteiger partial charge in [0.2, 0.25) is 0 Å². The molecule has 1 saturated heterocycles. The van der Waals surface area contributed by atoms with Crippen molar-refractivity contribution in [2.75, 3.05) is 30.8 Å². The minimum atomic E-state index is 0.547. The second-order valence-corrected chi connectivity index (χ2v) is 4.49. The SMILES string of the molecule is Nc1cc(Cl)cnc1NCC1CCCOC1. The summed E-state index contributed by atoms with van der Waals surface area (Å²) in [4.78, 5) is 4.15. The number of anilines is 2. The summed E-state index contributed by atoms with van der Waals surface area (Å²) in [7, 11) is 0. The van der Waals surface area contributed by atoms with E-state index in [1.54, 1.807) is 12.3 Å². The van der Waals surface area contributed by atoms with E-state index in [2.05, 4.69) is 10.3 Å². The lowest BCUT2D eigenvalue weighted by Gasteiger charge is -2.22. The van der Waals surface area contributed by atoms with E-state index < -0.39 is 0 Å². The Hall–Kier alpha value is -1.00. The van der Waals surface area contributed by atoms with Crippen molar-refractivity contribution in [2.24, 2.45) is 5.92 Å². The Morgan fingerprint density at radius 1 is 1.62 bits per heavy atom. The molecule has 1 atom stereocenters. The summed E-state index contributed by atoms with van der Waals surface area (Å²) < 4.78 is 5.41. The minimum Gasteiger partial charge on any atom is -0.396 e. The molecule has 1 fully saturated rings. The van der Waals surface area contributed by atoms with Crippen LogP contribution in [0, 0.1) is 5.92 Å². The second kappa shape index (κ2) is 5.37. The summed E-state index contributed by atoms with van der Waals surface area (Å²) in [5.74, 6) is 1.25. The van der Waals surface area contributed by atoms with Crippen molar-refractivity contribution >= 4 is 23.1 Å². The van der Waals surface area contributed by atoms with Gasteiger partial charge in [-0.2, -0.15) is 0 Å². The summed E-state index contributed by atoms with van der Waals surface area (Å²) in [6.45, 7) is 2.55. The smallest absolute Gasteiger partial charge is 0.149 e. The molecule has 2 heterocycles. The quantitative estimate of drug-likeness (QED) is 0.852. The van der Waals surface area contributed by atoms with Crippen LogP contribution in [0.4, 0.5) is 11.5 Å². The molecule has 16 heavy (non-hydrogen) atoms. The molecule has 0 bridgehead atoms. The average Bonchev–Trinajstić information content (AvgIpc) is 2.29. The maximum atomic E-state index is 5.80. The summed E-state index contributed by atoms with van der Waals surface area (Å²) in [6, 6.07) is 1.70. The van der Waals surface area contributed by atoms with Gasteiger partial charge in [0.05, 0.1) is 17.3 Å². The zero-order valence-electron chi connectivity index (χ0n) is 9.08. The van der Waals surface area contributed by atoms with Crippen LogP contribution in [0.25, 0.3) is 0 Å². The van der Waals surface area contributed by atoms with E-state index in [-0.39, 0.29) is 0 Å². The predicted molar refractivity (Wildman–Crippen MR) is 65.7 cm³/mol. The number of hydrogen-bond donors (Lipinski definition) is 2. The highest BCUT2D eigenvalue weighted by Gasteiger charge is 2.14. The van der Waals surface area contributed by atoms with E-state index >= 15 is 0 Å². The molecule has 3 N–H and O–H groups in total. The predicted octanol–water partition coefficient (Wildman–Crippen LogP) is 2.16. The number of nitrogens with zero attached hydrogens (tertiary/aromatic N) is 1. The number of aromatic nitrogens is 1. The molecule has 0 amide bonds. The van der Waals surface area contributed by atoms with Crippen molar-refractivity contribution in [2.45, 2.75) is 12.8 Å². The first-order chi connectivity index (χ1) is 7.75. The van der Waals surface area contributed by atoms with Gasteiger partial charge in [-0.05, 0) is 24.8 Å². The Morgan fingerprint density at radius 2 is 2.50 bits per heavy atom. The molecule has 0 saturated carbocycles. The molecular formula is C11H16ClN3O. The van der Waals surface area contributed by atoms with Crippen molar-refractivity contribution in [3.63, 3.8) is 0 Å². The van der Waals surface area contributed by atoms with Gasteiger partial charge in [-0.15, -0.1) is 0 Å². The number of rotatable bonds is 3. The maximum Gasteiger partial charge on any atom is 0.149 e. The summed E-state index contributed by atoms with van der Waals surface area (Å²) in [6.07, 6.45) is 3.92. The number of hydrogen-bond acceptors (Lipinski definition) is 4. The molecule has 2 rings (SSSR count). The van der Waals surface area contributed by atoms with E-state index in [9.17, 15) is 0 Å². The Bertz CT molecular complexity index is 353. The topological polar surface area (TPSA) is 60.2 Å². The van der Waals surface area contributed by atoms with Gasteiger partial charge in [-0.3, -0.25) is 0 Å². The molecule has 0 spiro atoms. The Balaban J connectivity index is 1.88. The summed E-state index contributed by atoms with van der Waals surface area (Å²) in [5.41, 5.74) is 6.38. The van der Waals surface area contributed by atoms with Crippen LogP contribution < -0.4 is 11.1 Å². The molecule has 88 valence electrons. The van der Waals surface area contributed by atoms with E-state index in [0.29, 0.717) is 22.4 Å². The van der Waals surface area contributed by atoms with E-state index in [1.165, 1.54) is 6.42 Å². The average molecular weight is 242 g/mol. The van der Waals surface area contributed by atoms with E-state index in [0.717, 1.165) is 26.2 Å². The Labute approximate surface area is 100 Å². The third-order valence-electron chi connectivity index (χ3n) is 2.70. The lowest BCUT2D eigenvalue weighted by Crippen LogP contribution is -2.24. The molecule has 1 aromatic rings. The monoisotopic (exact) mass is 241 g/mol. The summed E-state index contributed by atoms with van der Waals surface area (Å²) >= 11 is 5.78. The molecule has 0 aliphatic carbocycles. The largest absolute Gasteiger partial charge is 0.396 e.